The second kappa shape index (κ2) is 6.40. The molecule has 2 heterocycles. The van der Waals surface area contributed by atoms with Crippen LogP contribution in [0.1, 0.15) is 12.8 Å². The van der Waals surface area contributed by atoms with Crippen molar-refractivity contribution in [3.8, 4) is 0 Å². The summed E-state index contributed by atoms with van der Waals surface area (Å²) < 4.78 is 5.55. The summed E-state index contributed by atoms with van der Waals surface area (Å²) in [6.45, 7) is 1.82. The third kappa shape index (κ3) is 3.37. The third-order valence-corrected chi connectivity index (χ3v) is 4.23. The maximum atomic E-state index is 11.9. The standard InChI is InChI=1S/C11H18N2O4S/c14-10(5-17-8-1-3-12-4-2-8)13-7-18-6-9(13)11(15)16/h8-9,12H,1-7H2,(H,15,16). The van der Waals surface area contributed by atoms with Gasteiger partial charge in [0.2, 0.25) is 5.91 Å². The molecule has 1 amide bonds. The lowest BCUT2D eigenvalue weighted by Crippen LogP contribution is -2.44. The number of hydrogen-bond donors (Lipinski definition) is 2. The largest absolute Gasteiger partial charge is 0.480 e. The smallest absolute Gasteiger partial charge is 0.327 e. The monoisotopic (exact) mass is 274 g/mol. The van der Waals surface area contributed by atoms with Crippen molar-refractivity contribution >= 4 is 23.6 Å². The molecule has 2 N–H and O–H groups in total. The highest BCUT2D eigenvalue weighted by atomic mass is 32.2. The van der Waals surface area contributed by atoms with Crippen LogP contribution in [-0.4, -0.2) is 65.4 Å². The molecule has 0 bridgehead atoms. The Labute approximate surface area is 110 Å². The predicted octanol–water partition coefficient (Wildman–Crippen LogP) is -0.259. The summed E-state index contributed by atoms with van der Waals surface area (Å²) in [5.41, 5.74) is 0. The van der Waals surface area contributed by atoms with Crippen LogP contribution in [0.2, 0.25) is 0 Å². The fraction of sp³-hybridized carbons (Fsp3) is 0.818. The summed E-state index contributed by atoms with van der Waals surface area (Å²) in [6.07, 6.45) is 1.93. The molecule has 2 aliphatic rings. The number of thioether (sulfide) groups is 1. The van der Waals surface area contributed by atoms with E-state index in [-0.39, 0.29) is 18.6 Å². The molecule has 0 aromatic heterocycles. The second-order valence-electron chi connectivity index (χ2n) is 4.48. The molecule has 0 radical (unpaired) electrons. The van der Waals surface area contributed by atoms with Gasteiger partial charge in [0.25, 0.3) is 0 Å². The first-order chi connectivity index (χ1) is 8.68. The number of carbonyl (C=O) groups excluding carboxylic acids is 1. The number of ether oxygens (including phenoxy) is 1. The lowest BCUT2D eigenvalue weighted by molar-refractivity contribution is -0.150. The van der Waals surface area contributed by atoms with Gasteiger partial charge in [-0.05, 0) is 25.9 Å². The molecule has 2 rings (SSSR count). The van der Waals surface area contributed by atoms with E-state index in [1.165, 1.54) is 16.7 Å². The minimum Gasteiger partial charge on any atom is -0.480 e. The van der Waals surface area contributed by atoms with Crippen molar-refractivity contribution in [1.82, 2.24) is 10.2 Å². The maximum absolute atomic E-state index is 11.9. The highest BCUT2D eigenvalue weighted by Gasteiger charge is 2.34. The number of carbonyl (C=O) groups is 2. The van der Waals surface area contributed by atoms with Gasteiger partial charge in [0.15, 0.2) is 0 Å². The van der Waals surface area contributed by atoms with Crippen LogP contribution in [0.5, 0.6) is 0 Å². The van der Waals surface area contributed by atoms with Gasteiger partial charge in [-0.3, -0.25) is 4.79 Å². The second-order valence-corrected chi connectivity index (χ2v) is 5.48. The van der Waals surface area contributed by atoms with E-state index in [0.717, 1.165) is 25.9 Å². The highest BCUT2D eigenvalue weighted by molar-refractivity contribution is 7.99. The maximum Gasteiger partial charge on any atom is 0.327 e. The van der Waals surface area contributed by atoms with Crippen LogP contribution < -0.4 is 5.32 Å². The van der Waals surface area contributed by atoms with Crippen LogP contribution in [0.3, 0.4) is 0 Å². The van der Waals surface area contributed by atoms with Crippen LogP contribution >= 0.6 is 11.8 Å². The summed E-state index contributed by atoms with van der Waals surface area (Å²) in [6, 6.07) is -0.695. The van der Waals surface area contributed by atoms with E-state index in [9.17, 15) is 9.59 Å². The van der Waals surface area contributed by atoms with Gasteiger partial charge in [-0.2, -0.15) is 0 Å². The first-order valence-electron chi connectivity index (χ1n) is 6.11. The Morgan fingerprint density at radius 3 is 2.78 bits per heavy atom. The van der Waals surface area contributed by atoms with Crippen molar-refractivity contribution < 1.29 is 19.4 Å². The molecule has 102 valence electrons. The van der Waals surface area contributed by atoms with E-state index in [0.29, 0.717) is 11.6 Å². The molecule has 1 atom stereocenters. The van der Waals surface area contributed by atoms with E-state index in [2.05, 4.69) is 5.32 Å². The average molecular weight is 274 g/mol. The molecule has 2 fully saturated rings. The topological polar surface area (TPSA) is 78.9 Å². The number of carboxylic acids is 1. The number of carboxylic acid groups (broad SMARTS) is 1. The first-order valence-corrected chi connectivity index (χ1v) is 7.26. The van der Waals surface area contributed by atoms with Gasteiger partial charge in [-0.1, -0.05) is 0 Å². The van der Waals surface area contributed by atoms with Gasteiger partial charge in [-0.25, -0.2) is 4.79 Å². The number of piperidine rings is 1. The molecular weight excluding hydrogens is 256 g/mol. The normalized spacial score (nSPS) is 25.3. The van der Waals surface area contributed by atoms with Crippen molar-refractivity contribution in [3.63, 3.8) is 0 Å². The number of amides is 1. The quantitative estimate of drug-likeness (QED) is 0.735. The first kappa shape index (κ1) is 13.6. The zero-order chi connectivity index (χ0) is 13.0. The summed E-state index contributed by atoms with van der Waals surface area (Å²) >= 11 is 1.47. The average Bonchev–Trinajstić information content (AvgIpc) is 2.86. The van der Waals surface area contributed by atoms with Crippen LogP contribution in [0.25, 0.3) is 0 Å². The van der Waals surface area contributed by atoms with E-state index in [1.807, 2.05) is 0 Å². The SMILES string of the molecule is O=C(O)C1CSCN1C(=O)COC1CCNCC1. The summed E-state index contributed by atoms with van der Waals surface area (Å²) in [7, 11) is 0. The molecule has 6 nitrogen and oxygen atoms in total. The van der Waals surface area contributed by atoms with Crippen LogP contribution in [0, 0.1) is 0 Å². The molecule has 0 aromatic rings. The lowest BCUT2D eigenvalue weighted by Gasteiger charge is -2.25. The molecule has 0 aliphatic carbocycles. The van der Waals surface area contributed by atoms with Crippen LogP contribution in [0.4, 0.5) is 0 Å². The Bertz CT molecular complexity index is 320. The van der Waals surface area contributed by atoms with Crippen molar-refractivity contribution in [1.29, 1.82) is 0 Å². The Morgan fingerprint density at radius 1 is 1.39 bits per heavy atom. The number of nitrogens with one attached hydrogen (secondary N) is 1. The lowest BCUT2D eigenvalue weighted by atomic mass is 10.1. The summed E-state index contributed by atoms with van der Waals surface area (Å²) in [5.74, 6) is -0.235. The molecule has 1 unspecified atom stereocenters. The van der Waals surface area contributed by atoms with Gasteiger partial charge < -0.3 is 20.1 Å². The molecular formula is C11H18N2O4S. The fourth-order valence-electron chi connectivity index (χ4n) is 2.13. The molecule has 0 saturated carbocycles. The summed E-state index contributed by atoms with van der Waals surface area (Å²) in [4.78, 5) is 24.3. The predicted molar refractivity (Wildman–Crippen MR) is 67.4 cm³/mol. The highest BCUT2D eigenvalue weighted by Crippen LogP contribution is 2.21. The number of aliphatic carboxylic acids is 1. The van der Waals surface area contributed by atoms with Crippen molar-refractivity contribution in [3.05, 3.63) is 0 Å². The fourth-order valence-corrected chi connectivity index (χ4v) is 3.30. The zero-order valence-electron chi connectivity index (χ0n) is 10.1. The van der Waals surface area contributed by atoms with E-state index >= 15 is 0 Å². The van der Waals surface area contributed by atoms with E-state index in [1.54, 1.807) is 0 Å². The van der Waals surface area contributed by atoms with Gasteiger partial charge in [-0.15, -0.1) is 11.8 Å². The van der Waals surface area contributed by atoms with Gasteiger partial charge in [0.1, 0.15) is 12.6 Å². The van der Waals surface area contributed by atoms with Crippen molar-refractivity contribution in [2.45, 2.75) is 25.0 Å². The Kier molecular flexibility index (Phi) is 4.85. The summed E-state index contributed by atoms with van der Waals surface area (Å²) in [5, 5.41) is 12.2. The minimum atomic E-state index is -0.935. The number of nitrogens with zero attached hydrogens (tertiary/aromatic N) is 1. The zero-order valence-corrected chi connectivity index (χ0v) is 10.9. The van der Waals surface area contributed by atoms with Crippen LogP contribution in [0.15, 0.2) is 0 Å². The Hall–Kier alpha value is -0.790. The number of hydrogen-bond acceptors (Lipinski definition) is 5. The molecule has 0 aromatic carbocycles. The Morgan fingerprint density at radius 2 is 2.11 bits per heavy atom. The minimum absolute atomic E-state index is 0.00495. The molecule has 2 aliphatic heterocycles. The van der Waals surface area contributed by atoms with Crippen LogP contribution in [-0.2, 0) is 14.3 Å². The molecule has 0 spiro atoms. The number of rotatable bonds is 4. The molecule has 7 heteroatoms. The Balaban J connectivity index is 1.78. The third-order valence-electron chi connectivity index (χ3n) is 3.22. The van der Waals surface area contributed by atoms with Gasteiger partial charge >= 0.3 is 5.97 Å². The van der Waals surface area contributed by atoms with E-state index < -0.39 is 12.0 Å². The van der Waals surface area contributed by atoms with Gasteiger partial charge in [0.05, 0.1) is 12.0 Å². The van der Waals surface area contributed by atoms with Crippen molar-refractivity contribution in [2.75, 3.05) is 31.3 Å². The molecule has 2 saturated heterocycles. The molecule has 18 heavy (non-hydrogen) atoms. The van der Waals surface area contributed by atoms with Crippen molar-refractivity contribution in [2.24, 2.45) is 0 Å². The van der Waals surface area contributed by atoms with Gasteiger partial charge in [0, 0.05) is 5.75 Å². The van der Waals surface area contributed by atoms with E-state index in [4.69, 9.17) is 9.84 Å².